The third-order valence-electron chi connectivity index (χ3n) is 5.55. The molecule has 3 atom stereocenters. The molecule has 4 rings (SSSR count). The molecule has 0 fully saturated rings. The molecule has 0 radical (unpaired) electrons. The first kappa shape index (κ1) is 19.5. The lowest BCUT2D eigenvalue weighted by atomic mass is 9.98. The molecule has 0 saturated heterocycles. The Morgan fingerprint density at radius 1 is 1.32 bits per heavy atom. The van der Waals surface area contributed by atoms with E-state index in [2.05, 4.69) is 17.2 Å². The monoisotopic (exact) mass is 419 g/mol. The van der Waals surface area contributed by atoms with E-state index in [4.69, 9.17) is 23.2 Å². The number of aromatic nitrogens is 2. The largest absolute Gasteiger partial charge is 0.387 e. The molecule has 2 aromatic carbocycles. The Morgan fingerprint density at radius 3 is 2.93 bits per heavy atom. The molecular formula is C21H23Cl2N3O2. The van der Waals surface area contributed by atoms with Gasteiger partial charge in [0.1, 0.15) is 0 Å². The summed E-state index contributed by atoms with van der Waals surface area (Å²) in [6, 6.07) is 11.3. The number of imidazole rings is 1. The van der Waals surface area contributed by atoms with E-state index in [1.54, 1.807) is 10.6 Å². The van der Waals surface area contributed by atoms with Crippen LogP contribution in [0.15, 0.2) is 41.2 Å². The van der Waals surface area contributed by atoms with Crippen LogP contribution >= 0.6 is 23.2 Å². The van der Waals surface area contributed by atoms with Crippen molar-refractivity contribution >= 4 is 34.2 Å². The quantitative estimate of drug-likeness (QED) is 0.583. The zero-order valence-corrected chi connectivity index (χ0v) is 17.1. The van der Waals surface area contributed by atoms with Crippen LogP contribution in [0.5, 0.6) is 0 Å². The number of para-hydroxylation sites is 1. The predicted molar refractivity (Wildman–Crippen MR) is 113 cm³/mol. The maximum Gasteiger partial charge on any atom is 0.326 e. The number of nitrogens with zero attached hydrogens (tertiary/aromatic N) is 1. The Bertz CT molecular complexity index is 1060. The molecule has 1 aromatic heterocycles. The average Bonchev–Trinajstić information content (AvgIpc) is 2.91. The molecule has 0 spiro atoms. The Kier molecular flexibility index (Phi) is 5.52. The number of hydrogen-bond acceptors (Lipinski definition) is 3. The van der Waals surface area contributed by atoms with Crippen LogP contribution in [0.2, 0.25) is 10.0 Å². The van der Waals surface area contributed by atoms with E-state index in [9.17, 15) is 9.90 Å². The van der Waals surface area contributed by atoms with Gasteiger partial charge in [-0.3, -0.25) is 4.57 Å². The molecule has 148 valence electrons. The van der Waals surface area contributed by atoms with Crippen molar-refractivity contribution in [3.05, 3.63) is 68.1 Å². The molecule has 0 saturated carbocycles. The first-order valence-electron chi connectivity index (χ1n) is 9.53. The number of aliphatic hydroxyl groups is 1. The van der Waals surface area contributed by atoms with Gasteiger partial charge in [0.05, 0.1) is 17.1 Å². The molecule has 2 heterocycles. The summed E-state index contributed by atoms with van der Waals surface area (Å²) < 4.78 is 1.73. The molecule has 5 nitrogen and oxygen atoms in total. The standard InChI is InChI=1S/C21H23Cl2N3O2/c1-12(5-6-13-7-8-14(22)11-16(13)23)24-18-9-10-26-19-15(20(18)27)3-2-4-17(19)25-21(26)28/h2-4,7-8,11-12,18,20,24,27H,5-6,9-10H2,1H3,(H,25,28). The first-order valence-corrected chi connectivity index (χ1v) is 10.3. The van der Waals surface area contributed by atoms with Gasteiger partial charge in [0.2, 0.25) is 0 Å². The van der Waals surface area contributed by atoms with Crippen LogP contribution in [-0.4, -0.2) is 26.7 Å². The first-order chi connectivity index (χ1) is 13.4. The number of hydrogen-bond donors (Lipinski definition) is 3. The van der Waals surface area contributed by atoms with Gasteiger partial charge in [-0.05, 0) is 49.9 Å². The normalized spacial score (nSPS) is 20.3. The molecule has 0 aliphatic carbocycles. The molecule has 7 heteroatoms. The number of H-pyrrole nitrogens is 1. The molecule has 0 bridgehead atoms. The fourth-order valence-electron chi connectivity index (χ4n) is 4.06. The highest BCUT2D eigenvalue weighted by Gasteiger charge is 2.29. The van der Waals surface area contributed by atoms with Crippen LogP contribution in [0, 0.1) is 0 Å². The molecule has 1 aliphatic rings. The summed E-state index contributed by atoms with van der Waals surface area (Å²) in [6.45, 7) is 2.68. The highest BCUT2D eigenvalue weighted by atomic mass is 35.5. The van der Waals surface area contributed by atoms with Crippen LogP contribution in [0.4, 0.5) is 0 Å². The molecule has 3 aromatic rings. The van der Waals surface area contributed by atoms with Crippen LogP contribution in [0.25, 0.3) is 11.0 Å². The summed E-state index contributed by atoms with van der Waals surface area (Å²) in [4.78, 5) is 15.1. The van der Waals surface area contributed by atoms with E-state index in [0.717, 1.165) is 35.0 Å². The van der Waals surface area contributed by atoms with Crippen LogP contribution in [0.3, 0.4) is 0 Å². The zero-order chi connectivity index (χ0) is 19.8. The number of halogens is 2. The summed E-state index contributed by atoms with van der Waals surface area (Å²) in [5.41, 5.74) is 3.31. The van der Waals surface area contributed by atoms with Crippen molar-refractivity contribution < 1.29 is 5.11 Å². The molecule has 3 unspecified atom stereocenters. The minimum absolute atomic E-state index is 0.124. The SMILES string of the molecule is CC(CCc1ccc(Cl)cc1Cl)NC1CCn2c(=O)[nH]c3cccc(c32)C1O. The Morgan fingerprint density at radius 2 is 2.14 bits per heavy atom. The van der Waals surface area contributed by atoms with E-state index in [0.29, 0.717) is 23.0 Å². The summed E-state index contributed by atoms with van der Waals surface area (Å²) in [5.74, 6) is 0. The maximum atomic E-state index is 12.2. The Labute approximate surface area is 173 Å². The Hall–Kier alpha value is -1.79. The summed E-state index contributed by atoms with van der Waals surface area (Å²) in [5, 5.41) is 15.9. The second-order valence-electron chi connectivity index (χ2n) is 7.51. The maximum absolute atomic E-state index is 12.2. The fraction of sp³-hybridized carbons (Fsp3) is 0.381. The molecule has 3 N–H and O–H groups in total. The van der Waals surface area contributed by atoms with E-state index < -0.39 is 6.10 Å². The highest BCUT2D eigenvalue weighted by Crippen LogP contribution is 2.30. The van der Waals surface area contributed by atoms with Gasteiger partial charge in [-0.15, -0.1) is 0 Å². The molecule has 1 aliphatic heterocycles. The van der Waals surface area contributed by atoms with Gasteiger partial charge >= 0.3 is 5.69 Å². The Balaban J connectivity index is 1.47. The lowest BCUT2D eigenvalue weighted by molar-refractivity contribution is 0.119. The number of aromatic amines is 1. The molecular weight excluding hydrogens is 397 g/mol. The van der Waals surface area contributed by atoms with Crippen molar-refractivity contribution in [1.82, 2.24) is 14.9 Å². The number of aliphatic hydroxyl groups excluding tert-OH is 1. The van der Waals surface area contributed by atoms with Gasteiger partial charge in [-0.2, -0.15) is 0 Å². The van der Waals surface area contributed by atoms with E-state index in [1.807, 2.05) is 30.3 Å². The lowest BCUT2D eigenvalue weighted by Gasteiger charge is -2.26. The number of aryl methyl sites for hydroxylation is 2. The number of benzene rings is 2. The average molecular weight is 420 g/mol. The van der Waals surface area contributed by atoms with Gasteiger partial charge in [0.25, 0.3) is 0 Å². The zero-order valence-electron chi connectivity index (χ0n) is 15.6. The predicted octanol–water partition coefficient (Wildman–Crippen LogP) is 4.05. The van der Waals surface area contributed by atoms with E-state index >= 15 is 0 Å². The summed E-state index contributed by atoms with van der Waals surface area (Å²) in [7, 11) is 0. The van der Waals surface area contributed by atoms with Gasteiger partial charge < -0.3 is 15.4 Å². The topological polar surface area (TPSA) is 70.0 Å². The lowest BCUT2D eigenvalue weighted by Crippen LogP contribution is -2.41. The van der Waals surface area contributed by atoms with Gasteiger partial charge in [-0.25, -0.2) is 4.79 Å². The van der Waals surface area contributed by atoms with Crippen LogP contribution in [0.1, 0.15) is 37.0 Å². The fourth-order valence-corrected chi connectivity index (χ4v) is 4.57. The van der Waals surface area contributed by atoms with Gasteiger partial charge in [0, 0.05) is 34.2 Å². The third-order valence-corrected chi connectivity index (χ3v) is 6.13. The van der Waals surface area contributed by atoms with Crippen molar-refractivity contribution in [2.45, 2.75) is 50.9 Å². The summed E-state index contributed by atoms with van der Waals surface area (Å²) in [6.07, 6.45) is 1.70. The van der Waals surface area contributed by atoms with Crippen molar-refractivity contribution in [1.29, 1.82) is 0 Å². The van der Waals surface area contributed by atoms with Crippen LogP contribution in [-0.2, 0) is 13.0 Å². The number of rotatable bonds is 5. The minimum Gasteiger partial charge on any atom is -0.387 e. The number of nitrogens with one attached hydrogen (secondary N) is 2. The second-order valence-corrected chi connectivity index (χ2v) is 8.35. The minimum atomic E-state index is -0.672. The van der Waals surface area contributed by atoms with Crippen molar-refractivity contribution in [2.75, 3.05) is 0 Å². The van der Waals surface area contributed by atoms with Crippen molar-refractivity contribution in [3.63, 3.8) is 0 Å². The molecule has 0 amide bonds. The van der Waals surface area contributed by atoms with E-state index in [1.165, 1.54) is 0 Å². The van der Waals surface area contributed by atoms with Crippen LogP contribution < -0.4 is 11.0 Å². The van der Waals surface area contributed by atoms with Crippen molar-refractivity contribution in [3.8, 4) is 0 Å². The van der Waals surface area contributed by atoms with Gasteiger partial charge in [-0.1, -0.05) is 41.4 Å². The second kappa shape index (κ2) is 7.91. The molecule has 28 heavy (non-hydrogen) atoms. The van der Waals surface area contributed by atoms with E-state index in [-0.39, 0.29) is 17.8 Å². The summed E-state index contributed by atoms with van der Waals surface area (Å²) >= 11 is 12.2. The third kappa shape index (κ3) is 3.72. The van der Waals surface area contributed by atoms with Crippen molar-refractivity contribution in [2.24, 2.45) is 0 Å². The highest BCUT2D eigenvalue weighted by molar-refractivity contribution is 6.35. The van der Waals surface area contributed by atoms with Gasteiger partial charge in [0.15, 0.2) is 0 Å². The smallest absolute Gasteiger partial charge is 0.326 e.